The van der Waals surface area contributed by atoms with Gasteiger partial charge in [0.25, 0.3) is 5.56 Å². The Morgan fingerprint density at radius 1 is 1.35 bits per heavy atom. The first-order chi connectivity index (χ1) is 11.0. The molecule has 0 saturated carbocycles. The number of halogens is 1. The maximum atomic E-state index is 12.8. The van der Waals surface area contributed by atoms with Crippen molar-refractivity contribution in [3.05, 3.63) is 46.8 Å². The minimum atomic E-state index is -0.514. The highest BCUT2D eigenvalue weighted by molar-refractivity contribution is 8.00. The van der Waals surface area contributed by atoms with E-state index in [-0.39, 0.29) is 22.8 Å². The van der Waals surface area contributed by atoms with Crippen LogP contribution in [0.1, 0.15) is 6.92 Å². The zero-order chi connectivity index (χ0) is 16.4. The number of hydrogen-bond acceptors (Lipinski definition) is 5. The number of thioether (sulfide) groups is 1. The van der Waals surface area contributed by atoms with Crippen LogP contribution in [0.4, 0.5) is 10.1 Å². The van der Waals surface area contributed by atoms with Crippen LogP contribution < -0.4 is 10.9 Å². The number of anilines is 1. The Morgan fingerprint density at radius 3 is 2.83 bits per heavy atom. The van der Waals surface area contributed by atoms with Crippen molar-refractivity contribution in [3.63, 3.8) is 0 Å². The number of fused-ring (bicyclic) bond motifs is 1. The third-order valence-electron chi connectivity index (χ3n) is 3.04. The summed E-state index contributed by atoms with van der Waals surface area (Å²) in [4.78, 5) is 37.3. The van der Waals surface area contributed by atoms with Gasteiger partial charge in [-0.3, -0.25) is 14.6 Å². The van der Waals surface area contributed by atoms with Gasteiger partial charge in [0.15, 0.2) is 16.3 Å². The smallest absolute Gasteiger partial charge is 0.277 e. The van der Waals surface area contributed by atoms with Crippen LogP contribution in [0.5, 0.6) is 0 Å². The fraction of sp³-hybridized carbons (Fsp3) is 0.143. The molecule has 0 aliphatic heterocycles. The molecule has 0 radical (unpaired) electrons. The molecule has 0 aliphatic carbocycles. The van der Waals surface area contributed by atoms with Gasteiger partial charge in [-0.15, -0.1) is 0 Å². The number of nitrogens with one attached hydrogen (secondary N) is 3. The normalized spacial score (nSPS) is 12.3. The van der Waals surface area contributed by atoms with Gasteiger partial charge >= 0.3 is 0 Å². The first-order valence-electron chi connectivity index (χ1n) is 6.69. The number of aromatic amines is 2. The summed E-state index contributed by atoms with van der Waals surface area (Å²) in [6.45, 7) is 1.68. The van der Waals surface area contributed by atoms with Gasteiger partial charge in [-0.1, -0.05) is 11.8 Å². The summed E-state index contributed by atoms with van der Waals surface area (Å²) in [5.74, 6) is -0.661. The predicted molar refractivity (Wildman–Crippen MR) is 84.9 cm³/mol. The van der Waals surface area contributed by atoms with E-state index in [1.165, 1.54) is 30.6 Å². The number of nitrogens with zero attached hydrogens (tertiary/aromatic N) is 2. The summed E-state index contributed by atoms with van der Waals surface area (Å²) < 4.78 is 12.8. The first-order valence-corrected chi connectivity index (χ1v) is 7.57. The van der Waals surface area contributed by atoms with Crippen molar-refractivity contribution in [1.82, 2.24) is 19.9 Å². The number of amides is 1. The summed E-state index contributed by atoms with van der Waals surface area (Å²) in [7, 11) is 0. The quantitative estimate of drug-likeness (QED) is 0.500. The van der Waals surface area contributed by atoms with Gasteiger partial charge in [0.05, 0.1) is 11.6 Å². The van der Waals surface area contributed by atoms with Crippen molar-refractivity contribution < 1.29 is 9.18 Å². The lowest BCUT2D eigenvalue weighted by Gasteiger charge is -2.11. The highest BCUT2D eigenvalue weighted by Gasteiger charge is 2.17. The molecule has 2 aromatic heterocycles. The Hall–Kier alpha value is -2.68. The predicted octanol–water partition coefficient (Wildman–Crippen LogP) is 1.90. The maximum Gasteiger partial charge on any atom is 0.277 e. The highest BCUT2D eigenvalue weighted by atomic mass is 32.2. The average Bonchev–Trinajstić information content (AvgIpc) is 2.98. The molecule has 0 aliphatic rings. The molecule has 118 valence electrons. The van der Waals surface area contributed by atoms with Crippen molar-refractivity contribution >= 4 is 34.5 Å². The van der Waals surface area contributed by atoms with Crippen LogP contribution in [0.3, 0.4) is 0 Å². The number of aromatic nitrogens is 4. The maximum absolute atomic E-state index is 12.8. The van der Waals surface area contributed by atoms with Crippen molar-refractivity contribution in [2.24, 2.45) is 0 Å². The summed E-state index contributed by atoms with van der Waals surface area (Å²) in [5.41, 5.74) is 0.731. The molecule has 0 fully saturated rings. The van der Waals surface area contributed by atoms with Gasteiger partial charge in [-0.2, -0.15) is 0 Å². The van der Waals surface area contributed by atoms with Crippen molar-refractivity contribution in [2.75, 3.05) is 5.32 Å². The molecule has 23 heavy (non-hydrogen) atoms. The second-order valence-corrected chi connectivity index (χ2v) is 6.06. The van der Waals surface area contributed by atoms with Gasteiger partial charge in [0.1, 0.15) is 5.82 Å². The van der Waals surface area contributed by atoms with E-state index in [2.05, 4.69) is 25.3 Å². The van der Waals surface area contributed by atoms with Gasteiger partial charge in [0.2, 0.25) is 5.91 Å². The molecule has 7 nitrogen and oxygen atoms in total. The van der Waals surface area contributed by atoms with E-state index in [1.807, 2.05) is 0 Å². The van der Waals surface area contributed by atoms with E-state index in [9.17, 15) is 14.0 Å². The molecular formula is C14H12FN5O2S. The van der Waals surface area contributed by atoms with E-state index in [0.29, 0.717) is 16.5 Å². The molecule has 0 saturated heterocycles. The van der Waals surface area contributed by atoms with Crippen LogP contribution in [-0.2, 0) is 4.79 Å². The number of rotatable bonds is 4. The Labute approximate surface area is 133 Å². The Kier molecular flexibility index (Phi) is 4.11. The van der Waals surface area contributed by atoms with E-state index in [1.54, 1.807) is 6.92 Å². The molecule has 3 aromatic rings. The number of carbonyl (C=O) groups is 1. The highest BCUT2D eigenvalue weighted by Crippen LogP contribution is 2.20. The van der Waals surface area contributed by atoms with Gasteiger partial charge in [-0.25, -0.2) is 14.4 Å². The molecule has 2 heterocycles. The van der Waals surface area contributed by atoms with E-state index in [0.717, 1.165) is 11.8 Å². The second-order valence-electron chi connectivity index (χ2n) is 4.73. The topological polar surface area (TPSA) is 104 Å². The Bertz CT molecular complexity index is 905. The summed E-state index contributed by atoms with van der Waals surface area (Å²) in [6.07, 6.45) is 1.38. The number of imidazole rings is 1. The molecular weight excluding hydrogens is 321 g/mol. The minimum Gasteiger partial charge on any atom is -0.339 e. The number of carbonyl (C=O) groups excluding carboxylic acids is 1. The number of benzene rings is 1. The molecule has 0 unspecified atom stereocenters. The largest absolute Gasteiger partial charge is 0.339 e. The molecule has 3 N–H and O–H groups in total. The van der Waals surface area contributed by atoms with Crippen LogP contribution in [-0.4, -0.2) is 31.1 Å². The SMILES string of the molecule is C[C@@H](Sc1nc2nc[nH]c2c(=O)[nH]1)C(=O)Nc1ccc(F)cc1. The van der Waals surface area contributed by atoms with Crippen LogP contribution >= 0.6 is 11.8 Å². The van der Waals surface area contributed by atoms with Crippen molar-refractivity contribution in [3.8, 4) is 0 Å². The minimum absolute atomic E-state index is 0.286. The fourth-order valence-electron chi connectivity index (χ4n) is 1.88. The zero-order valence-corrected chi connectivity index (χ0v) is 12.8. The molecule has 9 heteroatoms. The Morgan fingerprint density at radius 2 is 2.09 bits per heavy atom. The van der Waals surface area contributed by atoms with E-state index < -0.39 is 5.25 Å². The molecule has 0 bridgehead atoms. The molecule has 1 amide bonds. The lowest BCUT2D eigenvalue weighted by molar-refractivity contribution is -0.115. The van der Waals surface area contributed by atoms with Crippen molar-refractivity contribution in [1.29, 1.82) is 0 Å². The van der Waals surface area contributed by atoms with Crippen LogP contribution in [0, 0.1) is 5.82 Å². The zero-order valence-electron chi connectivity index (χ0n) is 12.0. The van der Waals surface area contributed by atoms with Crippen LogP contribution in [0.25, 0.3) is 11.2 Å². The second kappa shape index (κ2) is 6.21. The summed E-state index contributed by atoms with van der Waals surface area (Å²) in [6, 6.07) is 5.47. The van der Waals surface area contributed by atoms with Crippen molar-refractivity contribution in [2.45, 2.75) is 17.3 Å². The Balaban J connectivity index is 1.71. The molecule has 1 atom stereocenters. The van der Waals surface area contributed by atoms with E-state index >= 15 is 0 Å². The first kappa shape index (κ1) is 15.2. The molecule has 1 aromatic carbocycles. The molecule has 3 rings (SSSR count). The third kappa shape index (κ3) is 3.39. The van der Waals surface area contributed by atoms with Gasteiger partial charge in [0, 0.05) is 5.69 Å². The standard InChI is InChI=1S/C14H12FN5O2S/c1-7(12(21)18-9-4-2-8(15)3-5-9)23-14-19-11-10(13(22)20-14)16-6-17-11/h2-7H,1H3,(H,18,21)(H2,16,17,19,20,22)/t7-/m1/s1. The molecule has 0 spiro atoms. The van der Waals surface area contributed by atoms with Crippen LogP contribution in [0.15, 0.2) is 40.5 Å². The van der Waals surface area contributed by atoms with Gasteiger partial charge in [-0.05, 0) is 31.2 Å². The van der Waals surface area contributed by atoms with Crippen LogP contribution in [0.2, 0.25) is 0 Å². The van der Waals surface area contributed by atoms with Gasteiger partial charge < -0.3 is 10.3 Å². The number of H-pyrrole nitrogens is 2. The van der Waals surface area contributed by atoms with E-state index in [4.69, 9.17) is 0 Å². The number of hydrogen-bond donors (Lipinski definition) is 3. The lowest BCUT2D eigenvalue weighted by atomic mass is 10.3. The summed E-state index contributed by atoms with van der Waals surface area (Å²) >= 11 is 1.10. The fourth-order valence-corrected chi connectivity index (χ4v) is 2.67. The lowest BCUT2D eigenvalue weighted by Crippen LogP contribution is -2.23. The summed E-state index contributed by atoms with van der Waals surface area (Å²) in [5, 5.41) is 2.46. The third-order valence-corrected chi connectivity index (χ3v) is 4.03. The average molecular weight is 333 g/mol. The monoisotopic (exact) mass is 333 g/mol.